The molecule has 0 unspecified atom stereocenters. The van der Waals surface area contributed by atoms with E-state index >= 15 is 0 Å². The van der Waals surface area contributed by atoms with Crippen LogP contribution in [0.25, 0.3) is 0 Å². The first-order valence-corrected chi connectivity index (χ1v) is 7.25. The van der Waals surface area contributed by atoms with Gasteiger partial charge in [-0.15, -0.1) is 0 Å². The molecule has 1 aromatic carbocycles. The van der Waals surface area contributed by atoms with Gasteiger partial charge in [-0.25, -0.2) is 4.98 Å². The second-order valence-electron chi connectivity index (χ2n) is 4.33. The van der Waals surface area contributed by atoms with Gasteiger partial charge in [0.2, 0.25) is 0 Å². The van der Waals surface area contributed by atoms with Crippen molar-refractivity contribution in [2.45, 2.75) is 30.7 Å². The predicted octanol–water partition coefficient (Wildman–Crippen LogP) is 4.50. The van der Waals surface area contributed by atoms with Gasteiger partial charge in [0.1, 0.15) is 5.03 Å². The van der Waals surface area contributed by atoms with Gasteiger partial charge in [-0.2, -0.15) is 0 Å². The molecule has 0 saturated carbocycles. The highest BCUT2D eigenvalue weighted by atomic mass is 79.9. The van der Waals surface area contributed by atoms with E-state index in [1.807, 2.05) is 6.92 Å². The topological polar surface area (TPSA) is 38.9 Å². The molecule has 2 N–H and O–H groups in total. The van der Waals surface area contributed by atoms with Crippen LogP contribution in [0.3, 0.4) is 0 Å². The summed E-state index contributed by atoms with van der Waals surface area (Å²) in [6.45, 7) is 6.21. The van der Waals surface area contributed by atoms with Crippen LogP contribution in [0.1, 0.15) is 16.7 Å². The monoisotopic (exact) mass is 322 g/mol. The quantitative estimate of drug-likeness (QED) is 0.884. The summed E-state index contributed by atoms with van der Waals surface area (Å²) in [6.07, 6.45) is 1.71. The number of nitrogens with zero attached hydrogens (tertiary/aromatic N) is 1. The number of hydrogen-bond donors (Lipinski definition) is 1. The number of benzene rings is 1. The van der Waals surface area contributed by atoms with Crippen molar-refractivity contribution >= 4 is 33.4 Å². The number of halogens is 1. The Morgan fingerprint density at radius 1 is 1.22 bits per heavy atom. The number of anilines is 1. The van der Waals surface area contributed by atoms with Gasteiger partial charge in [0.05, 0.1) is 16.4 Å². The first-order valence-electron chi connectivity index (χ1n) is 5.64. The van der Waals surface area contributed by atoms with Crippen molar-refractivity contribution in [2.24, 2.45) is 0 Å². The highest BCUT2D eigenvalue weighted by molar-refractivity contribution is 9.10. The van der Waals surface area contributed by atoms with Gasteiger partial charge in [-0.1, -0.05) is 29.5 Å². The fourth-order valence-corrected chi connectivity index (χ4v) is 3.14. The van der Waals surface area contributed by atoms with Gasteiger partial charge in [0.15, 0.2) is 0 Å². The molecule has 1 heterocycles. The lowest BCUT2D eigenvalue weighted by atomic mass is 10.2. The van der Waals surface area contributed by atoms with E-state index in [1.54, 1.807) is 18.0 Å². The SMILES string of the molecule is Cc1ccc(Sc2ncc(N)c(C)c2Br)c(C)c1. The lowest BCUT2D eigenvalue weighted by Gasteiger charge is -2.10. The summed E-state index contributed by atoms with van der Waals surface area (Å²) in [7, 11) is 0. The number of nitrogen functional groups attached to an aromatic ring is 1. The van der Waals surface area contributed by atoms with E-state index in [-0.39, 0.29) is 0 Å². The minimum atomic E-state index is 0.715. The molecule has 0 amide bonds. The summed E-state index contributed by atoms with van der Waals surface area (Å²) in [5.41, 5.74) is 10.1. The van der Waals surface area contributed by atoms with Crippen LogP contribution in [0.5, 0.6) is 0 Å². The van der Waals surface area contributed by atoms with E-state index < -0.39 is 0 Å². The lowest BCUT2D eigenvalue weighted by Crippen LogP contribution is -1.94. The Labute approximate surface area is 120 Å². The Morgan fingerprint density at radius 2 is 1.94 bits per heavy atom. The van der Waals surface area contributed by atoms with Crippen LogP contribution >= 0.6 is 27.7 Å². The normalized spacial score (nSPS) is 10.7. The van der Waals surface area contributed by atoms with Crippen LogP contribution in [-0.2, 0) is 0 Å². The summed E-state index contributed by atoms with van der Waals surface area (Å²) in [5, 5.41) is 0.952. The molecule has 0 radical (unpaired) electrons. The molecule has 0 fully saturated rings. The lowest BCUT2D eigenvalue weighted by molar-refractivity contribution is 1.08. The van der Waals surface area contributed by atoms with Crippen molar-refractivity contribution in [1.29, 1.82) is 0 Å². The second kappa shape index (κ2) is 5.33. The maximum Gasteiger partial charge on any atom is 0.115 e. The number of aryl methyl sites for hydroxylation is 2. The molecular formula is C14H15BrN2S. The molecule has 18 heavy (non-hydrogen) atoms. The zero-order valence-corrected chi connectivity index (χ0v) is 13.0. The molecule has 0 bridgehead atoms. The summed E-state index contributed by atoms with van der Waals surface area (Å²) in [6, 6.07) is 6.43. The molecule has 4 heteroatoms. The van der Waals surface area contributed by atoms with Crippen LogP contribution in [0.2, 0.25) is 0 Å². The summed E-state index contributed by atoms with van der Waals surface area (Å²) >= 11 is 5.22. The number of rotatable bonds is 2. The molecule has 2 aromatic rings. The fraction of sp³-hybridized carbons (Fsp3) is 0.214. The molecule has 0 saturated heterocycles. The van der Waals surface area contributed by atoms with E-state index in [0.717, 1.165) is 15.1 Å². The smallest absolute Gasteiger partial charge is 0.115 e. The summed E-state index contributed by atoms with van der Waals surface area (Å²) in [4.78, 5) is 5.61. The van der Waals surface area contributed by atoms with E-state index in [1.165, 1.54) is 16.0 Å². The van der Waals surface area contributed by atoms with Crippen LogP contribution in [-0.4, -0.2) is 4.98 Å². The predicted molar refractivity (Wildman–Crippen MR) is 81.1 cm³/mol. The largest absolute Gasteiger partial charge is 0.397 e. The van der Waals surface area contributed by atoms with Crippen LogP contribution in [0, 0.1) is 20.8 Å². The molecule has 0 aliphatic heterocycles. The molecule has 0 aliphatic carbocycles. The highest BCUT2D eigenvalue weighted by Gasteiger charge is 2.10. The third-order valence-electron chi connectivity index (χ3n) is 2.81. The fourth-order valence-electron chi connectivity index (χ4n) is 1.66. The first-order chi connectivity index (χ1) is 8.49. The van der Waals surface area contributed by atoms with Crippen molar-refractivity contribution in [3.8, 4) is 0 Å². The van der Waals surface area contributed by atoms with E-state index in [2.05, 4.69) is 53.0 Å². The molecule has 2 rings (SSSR count). The molecule has 0 spiro atoms. The maximum atomic E-state index is 5.83. The first kappa shape index (κ1) is 13.4. The Hall–Kier alpha value is -1.000. The number of aromatic nitrogens is 1. The Balaban J connectivity index is 2.37. The number of nitrogens with two attached hydrogens (primary N) is 1. The third kappa shape index (κ3) is 2.70. The molecule has 0 atom stereocenters. The molecular weight excluding hydrogens is 308 g/mol. The Morgan fingerprint density at radius 3 is 2.61 bits per heavy atom. The minimum absolute atomic E-state index is 0.715. The van der Waals surface area contributed by atoms with Crippen molar-refractivity contribution < 1.29 is 0 Å². The standard InChI is InChI=1S/C14H15BrN2S/c1-8-4-5-12(9(2)6-8)18-14-13(15)10(3)11(16)7-17-14/h4-7H,16H2,1-3H3. The van der Waals surface area contributed by atoms with Gasteiger partial charge < -0.3 is 5.73 Å². The molecule has 2 nitrogen and oxygen atoms in total. The summed E-state index contributed by atoms with van der Waals surface area (Å²) < 4.78 is 0.979. The van der Waals surface area contributed by atoms with Gasteiger partial charge in [-0.05, 0) is 53.9 Å². The molecule has 94 valence electrons. The Bertz CT molecular complexity index is 597. The second-order valence-corrected chi connectivity index (χ2v) is 6.15. The van der Waals surface area contributed by atoms with Crippen LogP contribution in [0.4, 0.5) is 5.69 Å². The van der Waals surface area contributed by atoms with Gasteiger partial charge in [0.25, 0.3) is 0 Å². The van der Waals surface area contributed by atoms with E-state index in [9.17, 15) is 0 Å². The number of pyridine rings is 1. The van der Waals surface area contributed by atoms with Crippen molar-refractivity contribution in [1.82, 2.24) is 4.98 Å². The van der Waals surface area contributed by atoms with Crippen molar-refractivity contribution in [3.63, 3.8) is 0 Å². The van der Waals surface area contributed by atoms with Crippen molar-refractivity contribution in [2.75, 3.05) is 5.73 Å². The average molecular weight is 323 g/mol. The Kier molecular flexibility index (Phi) is 3.97. The van der Waals surface area contributed by atoms with Gasteiger partial charge >= 0.3 is 0 Å². The zero-order valence-electron chi connectivity index (χ0n) is 10.6. The van der Waals surface area contributed by atoms with Crippen LogP contribution < -0.4 is 5.73 Å². The maximum absolute atomic E-state index is 5.83. The summed E-state index contributed by atoms with van der Waals surface area (Å²) in [5.74, 6) is 0. The molecule has 1 aromatic heterocycles. The van der Waals surface area contributed by atoms with E-state index in [4.69, 9.17) is 5.73 Å². The van der Waals surface area contributed by atoms with Gasteiger partial charge in [0, 0.05) is 4.90 Å². The van der Waals surface area contributed by atoms with Gasteiger partial charge in [-0.3, -0.25) is 0 Å². The number of hydrogen-bond acceptors (Lipinski definition) is 3. The van der Waals surface area contributed by atoms with E-state index in [0.29, 0.717) is 5.69 Å². The molecule has 0 aliphatic rings. The third-order valence-corrected chi connectivity index (χ3v) is 5.22. The zero-order chi connectivity index (χ0) is 13.3. The van der Waals surface area contributed by atoms with Crippen LogP contribution in [0.15, 0.2) is 38.8 Å². The van der Waals surface area contributed by atoms with Crippen molar-refractivity contribution in [3.05, 3.63) is 45.6 Å². The average Bonchev–Trinajstić information content (AvgIpc) is 2.33. The highest BCUT2D eigenvalue weighted by Crippen LogP contribution is 2.36. The minimum Gasteiger partial charge on any atom is -0.397 e.